The van der Waals surface area contributed by atoms with Gasteiger partial charge in [0.05, 0.1) is 9.77 Å². The van der Waals surface area contributed by atoms with E-state index in [1.54, 1.807) is 4.90 Å². The Hall–Kier alpha value is -2.63. The van der Waals surface area contributed by atoms with Crippen LogP contribution in [0.25, 0.3) is 10.7 Å². The van der Waals surface area contributed by atoms with Gasteiger partial charge in [0, 0.05) is 39.0 Å². The summed E-state index contributed by atoms with van der Waals surface area (Å²) in [6.07, 6.45) is 0.530. The molecule has 158 valence electrons. The Morgan fingerprint density at radius 3 is 2.53 bits per heavy atom. The predicted octanol–water partition coefficient (Wildman–Crippen LogP) is 2.40. The van der Waals surface area contributed by atoms with Crippen molar-refractivity contribution >= 4 is 27.3 Å². The molecule has 0 radical (unpaired) electrons. The first-order chi connectivity index (χ1) is 14.4. The van der Waals surface area contributed by atoms with Gasteiger partial charge in [0.25, 0.3) is 0 Å². The molecule has 1 aliphatic rings. The largest absolute Gasteiger partial charge is 0.340 e. The molecule has 0 bridgehead atoms. The van der Waals surface area contributed by atoms with Gasteiger partial charge in [-0.3, -0.25) is 4.79 Å². The smallest absolute Gasteiger partial charge is 0.243 e. The predicted molar refractivity (Wildman–Crippen MR) is 108 cm³/mol. The summed E-state index contributed by atoms with van der Waals surface area (Å²) in [7, 11) is -3.71. The van der Waals surface area contributed by atoms with Crippen LogP contribution < -0.4 is 0 Å². The zero-order valence-electron chi connectivity index (χ0n) is 15.9. The number of carbonyl (C=O) groups excluding carboxylic acids is 1. The van der Waals surface area contributed by atoms with Crippen molar-refractivity contribution in [1.82, 2.24) is 19.3 Å². The summed E-state index contributed by atoms with van der Waals surface area (Å²) >= 11 is 1.51. The number of thiophene rings is 1. The van der Waals surface area contributed by atoms with Gasteiger partial charge in [-0.15, -0.1) is 11.3 Å². The van der Waals surface area contributed by atoms with E-state index >= 15 is 0 Å². The Bertz CT molecular complexity index is 1110. The number of nitrogens with zero attached hydrogens (tertiary/aromatic N) is 4. The molecule has 1 amide bonds. The topological polar surface area (TPSA) is 96.6 Å². The van der Waals surface area contributed by atoms with Crippen LogP contribution in [0, 0.1) is 5.82 Å². The standard InChI is InChI=1S/C19H19FN4O4S2/c20-14-3-5-15(6-4-14)30(26,27)24-11-9-23(10-12-24)18(25)8-7-17-21-19(22-28-17)16-2-1-13-29-16/h1-6,13H,7-12H2. The molecule has 2 aromatic heterocycles. The number of aryl methyl sites for hydroxylation is 1. The van der Waals surface area contributed by atoms with Crippen LogP contribution >= 0.6 is 11.3 Å². The Morgan fingerprint density at radius 1 is 1.13 bits per heavy atom. The fourth-order valence-corrected chi connectivity index (χ4v) is 5.24. The number of amides is 1. The third kappa shape index (κ3) is 4.42. The number of halogens is 1. The fourth-order valence-electron chi connectivity index (χ4n) is 3.17. The summed E-state index contributed by atoms with van der Waals surface area (Å²) in [5, 5.41) is 5.84. The molecular formula is C19H19FN4O4S2. The lowest BCUT2D eigenvalue weighted by Crippen LogP contribution is -2.50. The lowest BCUT2D eigenvalue weighted by molar-refractivity contribution is -0.132. The highest BCUT2D eigenvalue weighted by Crippen LogP contribution is 2.22. The maximum absolute atomic E-state index is 13.1. The third-order valence-corrected chi connectivity index (χ3v) is 7.58. The molecule has 0 unspecified atom stereocenters. The average molecular weight is 451 g/mol. The second-order valence-corrected chi connectivity index (χ2v) is 9.61. The number of hydrogen-bond acceptors (Lipinski definition) is 7. The van der Waals surface area contributed by atoms with Gasteiger partial charge in [0.15, 0.2) is 0 Å². The van der Waals surface area contributed by atoms with E-state index < -0.39 is 15.8 Å². The molecule has 0 saturated carbocycles. The SMILES string of the molecule is O=C(CCc1nc(-c2cccs2)no1)N1CCN(S(=O)(=O)c2ccc(F)cc2)CC1. The summed E-state index contributed by atoms with van der Waals surface area (Å²) in [6.45, 7) is 0.968. The van der Waals surface area contributed by atoms with Gasteiger partial charge >= 0.3 is 0 Å². The minimum Gasteiger partial charge on any atom is -0.340 e. The number of sulfonamides is 1. The van der Waals surface area contributed by atoms with Crippen molar-refractivity contribution < 1.29 is 22.1 Å². The molecule has 3 heterocycles. The zero-order chi connectivity index (χ0) is 21.1. The molecule has 0 atom stereocenters. The third-order valence-electron chi connectivity index (χ3n) is 4.81. The van der Waals surface area contributed by atoms with Crippen LogP contribution in [-0.2, 0) is 21.2 Å². The lowest BCUT2D eigenvalue weighted by atomic mass is 10.2. The molecule has 1 saturated heterocycles. The quantitative estimate of drug-likeness (QED) is 0.572. The Labute approximate surface area is 177 Å². The van der Waals surface area contributed by atoms with Crippen molar-refractivity contribution in [3.63, 3.8) is 0 Å². The van der Waals surface area contributed by atoms with Crippen molar-refractivity contribution in [1.29, 1.82) is 0 Å². The van der Waals surface area contributed by atoms with E-state index in [4.69, 9.17) is 4.52 Å². The maximum atomic E-state index is 13.1. The first-order valence-corrected chi connectivity index (χ1v) is 11.7. The molecule has 8 nitrogen and oxygen atoms in total. The van der Waals surface area contributed by atoms with Gasteiger partial charge in [-0.25, -0.2) is 12.8 Å². The maximum Gasteiger partial charge on any atom is 0.243 e. The molecule has 4 rings (SSSR count). The first-order valence-electron chi connectivity index (χ1n) is 9.33. The lowest BCUT2D eigenvalue weighted by Gasteiger charge is -2.34. The van der Waals surface area contributed by atoms with Gasteiger partial charge < -0.3 is 9.42 Å². The molecule has 1 aliphatic heterocycles. The molecule has 3 aromatic rings. The summed E-state index contributed by atoms with van der Waals surface area (Å²) in [5.41, 5.74) is 0. The summed E-state index contributed by atoms with van der Waals surface area (Å²) in [6, 6.07) is 8.52. The van der Waals surface area contributed by atoms with Gasteiger partial charge in [-0.1, -0.05) is 11.2 Å². The Balaban J connectivity index is 1.29. The van der Waals surface area contributed by atoms with Gasteiger partial charge in [-0.05, 0) is 35.7 Å². The molecule has 0 spiro atoms. The summed E-state index contributed by atoms with van der Waals surface area (Å²) < 4.78 is 44.9. The van der Waals surface area contributed by atoms with Gasteiger partial charge in [0.2, 0.25) is 27.6 Å². The van der Waals surface area contributed by atoms with E-state index in [9.17, 15) is 17.6 Å². The van der Waals surface area contributed by atoms with Crippen molar-refractivity contribution in [2.24, 2.45) is 0 Å². The van der Waals surface area contributed by atoms with Crippen molar-refractivity contribution in [3.05, 3.63) is 53.5 Å². The molecule has 11 heteroatoms. The first kappa shape index (κ1) is 20.6. The van der Waals surface area contributed by atoms with E-state index in [0.29, 0.717) is 31.2 Å². The molecule has 1 aromatic carbocycles. The van der Waals surface area contributed by atoms with Crippen LogP contribution in [0.5, 0.6) is 0 Å². The van der Waals surface area contributed by atoms with Crippen LogP contribution in [-0.4, -0.2) is 59.8 Å². The van der Waals surface area contributed by atoms with Crippen molar-refractivity contribution in [2.45, 2.75) is 17.7 Å². The van der Waals surface area contributed by atoms with Crippen molar-refractivity contribution in [3.8, 4) is 10.7 Å². The van der Waals surface area contributed by atoms with E-state index in [1.165, 1.54) is 27.8 Å². The summed E-state index contributed by atoms with van der Waals surface area (Å²) in [4.78, 5) is 19.4. The highest BCUT2D eigenvalue weighted by atomic mass is 32.2. The average Bonchev–Trinajstić information content (AvgIpc) is 3.44. The monoisotopic (exact) mass is 450 g/mol. The Kier molecular flexibility index (Phi) is 5.93. The van der Waals surface area contributed by atoms with Crippen LogP contribution in [0.2, 0.25) is 0 Å². The van der Waals surface area contributed by atoms with E-state index in [-0.39, 0.29) is 30.3 Å². The molecule has 30 heavy (non-hydrogen) atoms. The van der Waals surface area contributed by atoms with Gasteiger partial charge in [-0.2, -0.15) is 9.29 Å². The number of hydrogen-bond donors (Lipinski definition) is 0. The molecule has 0 N–H and O–H groups in total. The van der Waals surface area contributed by atoms with Crippen LogP contribution in [0.3, 0.4) is 0 Å². The highest BCUT2D eigenvalue weighted by Gasteiger charge is 2.30. The number of piperazine rings is 1. The van der Waals surface area contributed by atoms with E-state index in [0.717, 1.165) is 17.0 Å². The van der Waals surface area contributed by atoms with Crippen LogP contribution in [0.1, 0.15) is 12.3 Å². The van der Waals surface area contributed by atoms with Crippen LogP contribution in [0.4, 0.5) is 4.39 Å². The Morgan fingerprint density at radius 2 is 1.87 bits per heavy atom. The van der Waals surface area contributed by atoms with Gasteiger partial charge in [0.1, 0.15) is 5.82 Å². The van der Waals surface area contributed by atoms with E-state index in [2.05, 4.69) is 10.1 Å². The summed E-state index contributed by atoms with van der Waals surface area (Å²) in [5.74, 6) is 0.314. The second kappa shape index (κ2) is 8.62. The number of carbonyl (C=O) groups is 1. The zero-order valence-corrected chi connectivity index (χ0v) is 17.5. The second-order valence-electron chi connectivity index (χ2n) is 6.73. The number of benzene rings is 1. The fraction of sp³-hybridized carbons (Fsp3) is 0.316. The number of rotatable bonds is 6. The normalized spacial score (nSPS) is 15.4. The number of aromatic nitrogens is 2. The molecular weight excluding hydrogens is 431 g/mol. The molecule has 0 aliphatic carbocycles. The minimum absolute atomic E-state index is 0.0432. The molecule has 1 fully saturated rings. The minimum atomic E-state index is -3.71. The van der Waals surface area contributed by atoms with Crippen LogP contribution in [0.15, 0.2) is 51.2 Å². The van der Waals surface area contributed by atoms with Crippen molar-refractivity contribution in [2.75, 3.05) is 26.2 Å². The highest BCUT2D eigenvalue weighted by molar-refractivity contribution is 7.89. The van der Waals surface area contributed by atoms with E-state index in [1.807, 2.05) is 17.5 Å².